The normalized spacial score (nSPS) is 14.2. The molecule has 4 N–H and O–H groups in total. The molecule has 0 aromatic carbocycles. The SMILES string of the molecule is CNc1sc2c(c1CN)CCN(C(=O)OCCO)C2. The summed E-state index contributed by atoms with van der Waals surface area (Å²) in [6.45, 7) is 1.59. The number of ether oxygens (including phenoxy) is 1. The van der Waals surface area contributed by atoms with Crippen molar-refractivity contribution < 1.29 is 14.6 Å². The average Bonchev–Trinajstić information content (AvgIpc) is 2.81. The fourth-order valence-electron chi connectivity index (χ4n) is 2.27. The second-order valence-electron chi connectivity index (χ2n) is 4.28. The maximum absolute atomic E-state index is 11.8. The van der Waals surface area contributed by atoms with Crippen LogP contribution in [0.15, 0.2) is 0 Å². The molecule has 0 spiro atoms. The van der Waals surface area contributed by atoms with E-state index < -0.39 is 0 Å². The molecule has 2 heterocycles. The van der Waals surface area contributed by atoms with Gasteiger partial charge in [0.05, 0.1) is 18.2 Å². The number of nitrogens with zero attached hydrogens (tertiary/aromatic N) is 1. The van der Waals surface area contributed by atoms with Gasteiger partial charge in [0.2, 0.25) is 0 Å². The number of thiophene rings is 1. The Kier molecular flexibility index (Phi) is 4.62. The molecule has 19 heavy (non-hydrogen) atoms. The van der Waals surface area contributed by atoms with E-state index in [0.29, 0.717) is 19.6 Å². The molecule has 1 aliphatic rings. The summed E-state index contributed by atoms with van der Waals surface area (Å²) >= 11 is 1.64. The van der Waals surface area contributed by atoms with Gasteiger partial charge in [0.25, 0.3) is 0 Å². The van der Waals surface area contributed by atoms with Crippen molar-refractivity contribution in [3.63, 3.8) is 0 Å². The number of amides is 1. The third kappa shape index (κ3) is 2.83. The third-order valence-corrected chi connectivity index (χ3v) is 4.45. The van der Waals surface area contributed by atoms with Crippen molar-refractivity contribution in [2.45, 2.75) is 19.5 Å². The van der Waals surface area contributed by atoms with Gasteiger partial charge in [-0.3, -0.25) is 0 Å². The highest BCUT2D eigenvalue weighted by Crippen LogP contribution is 2.36. The molecule has 1 amide bonds. The number of carbonyl (C=O) groups is 1. The van der Waals surface area contributed by atoms with Gasteiger partial charge < -0.3 is 25.8 Å². The van der Waals surface area contributed by atoms with E-state index in [1.165, 1.54) is 5.56 Å². The Balaban J connectivity index is 2.11. The van der Waals surface area contributed by atoms with Crippen LogP contribution in [0.25, 0.3) is 0 Å². The van der Waals surface area contributed by atoms with E-state index in [4.69, 9.17) is 15.6 Å². The first kappa shape index (κ1) is 14.1. The van der Waals surface area contributed by atoms with E-state index >= 15 is 0 Å². The van der Waals surface area contributed by atoms with Gasteiger partial charge in [0.15, 0.2) is 0 Å². The highest BCUT2D eigenvalue weighted by molar-refractivity contribution is 7.16. The lowest BCUT2D eigenvalue weighted by atomic mass is 10.0. The Morgan fingerprint density at radius 2 is 2.42 bits per heavy atom. The standard InChI is InChI=1S/C12H19N3O3S/c1-14-11-9(6-13)8-2-3-15(7-10(8)19-11)12(17)18-5-4-16/h14,16H,2-7,13H2,1H3. The Bertz CT molecular complexity index is 461. The van der Waals surface area contributed by atoms with E-state index in [2.05, 4.69) is 5.32 Å². The van der Waals surface area contributed by atoms with E-state index in [0.717, 1.165) is 21.9 Å². The molecule has 0 atom stereocenters. The Morgan fingerprint density at radius 1 is 1.63 bits per heavy atom. The highest BCUT2D eigenvalue weighted by atomic mass is 32.1. The minimum atomic E-state index is -0.367. The number of nitrogens with two attached hydrogens (primary N) is 1. The molecule has 0 radical (unpaired) electrons. The van der Waals surface area contributed by atoms with Crippen LogP contribution in [0, 0.1) is 0 Å². The number of anilines is 1. The van der Waals surface area contributed by atoms with Crippen LogP contribution in [-0.4, -0.2) is 42.9 Å². The van der Waals surface area contributed by atoms with Gasteiger partial charge in [0, 0.05) is 30.6 Å². The van der Waals surface area contributed by atoms with Crippen LogP contribution >= 0.6 is 11.3 Å². The fourth-order valence-corrected chi connectivity index (χ4v) is 3.51. The predicted octanol–water partition coefficient (Wildman–Crippen LogP) is 0.736. The lowest BCUT2D eigenvalue weighted by molar-refractivity contribution is 0.0809. The Morgan fingerprint density at radius 3 is 3.05 bits per heavy atom. The zero-order valence-corrected chi connectivity index (χ0v) is 11.8. The summed E-state index contributed by atoms with van der Waals surface area (Å²) in [4.78, 5) is 14.6. The van der Waals surface area contributed by atoms with Gasteiger partial charge in [-0.05, 0) is 12.0 Å². The van der Waals surface area contributed by atoms with Crippen LogP contribution < -0.4 is 11.1 Å². The van der Waals surface area contributed by atoms with Crippen molar-refractivity contribution in [2.24, 2.45) is 5.73 Å². The summed E-state index contributed by atoms with van der Waals surface area (Å²) in [5.41, 5.74) is 8.21. The molecule has 6 nitrogen and oxygen atoms in total. The van der Waals surface area contributed by atoms with Crippen molar-refractivity contribution >= 4 is 22.4 Å². The molecule has 0 unspecified atom stereocenters. The van der Waals surface area contributed by atoms with Crippen LogP contribution in [0.2, 0.25) is 0 Å². The summed E-state index contributed by atoms with van der Waals surface area (Å²) < 4.78 is 4.94. The first-order chi connectivity index (χ1) is 9.21. The molecule has 1 aromatic heterocycles. The molecule has 0 fully saturated rings. The van der Waals surface area contributed by atoms with Crippen molar-refractivity contribution in [3.05, 3.63) is 16.0 Å². The smallest absolute Gasteiger partial charge is 0.410 e. The maximum Gasteiger partial charge on any atom is 0.410 e. The molecule has 0 bridgehead atoms. The van der Waals surface area contributed by atoms with Gasteiger partial charge in [-0.1, -0.05) is 0 Å². The number of rotatable bonds is 4. The van der Waals surface area contributed by atoms with Gasteiger partial charge in [-0.15, -0.1) is 11.3 Å². The summed E-state index contributed by atoms with van der Waals surface area (Å²) in [5.74, 6) is 0. The second-order valence-corrected chi connectivity index (χ2v) is 5.38. The van der Waals surface area contributed by atoms with Crippen molar-refractivity contribution in [1.29, 1.82) is 0 Å². The lowest BCUT2D eigenvalue weighted by Crippen LogP contribution is -2.36. The van der Waals surface area contributed by atoms with Crippen molar-refractivity contribution in [1.82, 2.24) is 4.90 Å². The van der Waals surface area contributed by atoms with Crippen molar-refractivity contribution in [2.75, 3.05) is 32.1 Å². The van der Waals surface area contributed by atoms with Crippen LogP contribution in [0.3, 0.4) is 0 Å². The van der Waals surface area contributed by atoms with Gasteiger partial charge in [-0.25, -0.2) is 4.79 Å². The Labute approximate surface area is 116 Å². The molecule has 1 aliphatic heterocycles. The molecular formula is C12H19N3O3S. The van der Waals surface area contributed by atoms with Crippen LogP contribution in [-0.2, 0) is 24.2 Å². The number of aliphatic hydroxyl groups is 1. The molecule has 106 valence electrons. The van der Waals surface area contributed by atoms with E-state index in [-0.39, 0.29) is 19.3 Å². The number of hydrogen-bond donors (Lipinski definition) is 3. The molecule has 0 saturated heterocycles. The first-order valence-electron chi connectivity index (χ1n) is 6.25. The fraction of sp³-hybridized carbons (Fsp3) is 0.583. The first-order valence-corrected chi connectivity index (χ1v) is 7.06. The molecule has 7 heteroatoms. The highest BCUT2D eigenvalue weighted by Gasteiger charge is 2.26. The van der Waals surface area contributed by atoms with Gasteiger partial charge in [-0.2, -0.15) is 0 Å². The van der Waals surface area contributed by atoms with Crippen molar-refractivity contribution in [3.8, 4) is 0 Å². The molecular weight excluding hydrogens is 266 g/mol. The van der Waals surface area contributed by atoms with Gasteiger partial charge >= 0.3 is 6.09 Å². The number of hydrogen-bond acceptors (Lipinski definition) is 6. The molecule has 1 aromatic rings. The van der Waals surface area contributed by atoms with Gasteiger partial charge in [0.1, 0.15) is 6.61 Å². The molecule has 0 saturated carbocycles. The number of carbonyl (C=O) groups excluding carboxylic acids is 1. The summed E-state index contributed by atoms with van der Waals surface area (Å²) in [7, 11) is 1.88. The monoisotopic (exact) mass is 285 g/mol. The predicted molar refractivity (Wildman–Crippen MR) is 74.3 cm³/mol. The Hall–Kier alpha value is -1.31. The van der Waals surface area contributed by atoms with E-state index in [1.807, 2.05) is 7.05 Å². The quantitative estimate of drug-likeness (QED) is 0.759. The van der Waals surface area contributed by atoms with Crippen LogP contribution in [0.1, 0.15) is 16.0 Å². The van der Waals surface area contributed by atoms with Crippen LogP contribution in [0.4, 0.5) is 9.80 Å². The molecule has 2 rings (SSSR count). The average molecular weight is 285 g/mol. The topological polar surface area (TPSA) is 87.8 Å². The summed E-state index contributed by atoms with van der Waals surface area (Å²) in [6.07, 6.45) is 0.433. The third-order valence-electron chi connectivity index (χ3n) is 3.17. The minimum Gasteiger partial charge on any atom is -0.447 e. The minimum absolute atomic E-state index is 0.0441. The van der Waals surface area contributed by atoms with Crippen LogP contribution in [0.5, 0.6) is 0 Å². The maximum atomic E-state index is 11.8. The zero-order chi connectivity index (χ0) is 13.8. The number of nitrogens with one attached hydrogen (secondary N) is 1. The number of fused-ring (bicyclic) bond motifs is 1. The molecule has 0 aliphatic carbocycles. The largest absolute Gasteiger partial charge is 0.447 e. The summed E-state index contributed by atoms with van der Waals surface area (Å²) in [5, 5.41) is 12.9. The van der Waals surface area contributed by atoms with E-state index in [9.17, 15) is 4.79 Å². The zero-order valence-electron chi connectivity index (χ0n) is 10.9. The lowest BCUT2D eigenvalue weighted by Gasteiger charge is -2.26. The van der Waals surface area contributed by atoms with E-state index in [1.54, 1.807) is 16.2 Å². The summed E-state index contributed by atoms with van der Waals surface area (Å²) in [6, 6.07) is 0. The number of aliphatic hydroxyl groups excluding tert-OH is 1. The second kappa shape index (κ2) is 6.23.